The van der Waals surface area contributed by atoms with Crippen molar-refractivity contribution in [3.63, 3.8) is 0 Å². The molecular formula is C30H34F2N10O6. The number of β-amino-alcohol motifs (C(OH)–C–C–N with tert-alkyl or cyclic N) is 1. The van der Waals surface area contributed by atoms with Crippen LogP contribution in [0.2, 0.25) is 0 Å². The first-order valence-electron chi connectivity index (χ1n) is 16.1. The van der Waals surface area contributed by atoms with Crippen LogP contribution in [0, 0.1) is 17.6 Å². The number of rotatable bonds is 7. The van der Waals surface area contributed by atoms with Gasteiger partial charge in [0, 0.05) is 45.6 Å². The quantitative estimate of drug-likeness (QED) is 0.262. The number of benzene rings is 1. The van der Waals surface area contributed by atoms with Crippen LogP contribution in [0.5, 0.6) is 5.88 Å². The summed E-state index contributed by atoms with van der Waals surface area (Å²) in [6, 6.07) is -0.476. The van der Waals surface area contributed by atoms with Crippen LogP contribution in [0.25, 0.3) is 11.0 Å². The first-order valence-corrected chi connectivity index (χ1v) is 16.1. The Morgan fingerprint density at radius 3 is 2.54 bits per heavy atom. The summed E-state index contributed by atoms with van der Waals surface area (Å²) < 4.78 is 42.4. The van der Waals surface area contributed by atoms with Gasteiger partial charge in [0.1, 0.15) is 5.60 Å². The highest BCUT2D eigenvalue weighted by Crippen LogP contribution is 2.39. The number of halogens is 2. The van der Waals surface area contributed by atoms with E-state index < -0.39 is 35.5 Å². The summed E-state index contributed by atoms with van der Waals surface area (Å²) in [7, 11) is 0. The maximum atomic E-state index is 15.6. The Kier molecular flexibility index (Phi) is 7.59. The Balaban J connectivity index is 0.863. The van der Waals surface area contributed by atoms with Gasteiger partial charge in [-0.2, -0.15) is 15.0 Å². The third kappa shape index (κ3) is 5.56. The molecule has 254 valence electrons. The highest BCUT2D eigenvalue weighted by molar-refractivity contribution is 5.95. The molecule has 2 atom stereocenters. The van der Waals surface area contributed by atoms with Crippen molar-refractivity contribution in [2.24, 2.45) is 5.92 Å². The summed E-state index contributed by atoms with van der Waals surface area (Å²) in [4.78, 5) is 50.2. The highest BCUT2D eigenvalue weighted by Gasteiger charge is 2.48. The van der Waals surface area contributed by atoms with E-state index in [4.69, 9.17) is 9.47 Å². The topological polar surface area (TPSA) is 189 Å². The van der Waals surface area contributed by atoms with Crippen LogP contribution in [0.15, 0.2) is 6.20 Å². The molecule has 18 heteroatoms. The Labute approximate surface area is 272 Å². The lowest BCUT2D eigenvalue weighted by Crippen LogP contribution is -2.48. The molecule has 3 fully saturated rings. The number of aliphatic hydroxyl groups is 1. The fourth-order valence-corrected chi connectivity index (χ4v) is 7.37. The van der Waals surface area contributed by atoms with Crippen molar-refractivity contribution >= 4 is 40.6 Å². The number of piperidine rings is 1. The number of fused-ring (bicyclic) bond motifs is 3. The number of hydrogen-bond acceptors (Lipinski definition) is 12. The van der Waals surface area contributed by atoms with Gasteiger partial charge in [-0.05, 0) is 36.3 Å². The highest BCUT2D eigenvalue weighted by atomic mass is 19.1. The number of nitrogens with zero attached hydrogens (tertiary/aromatic N) is 7. The van der Waals surface area contributed by atoms with E-state index in [0.29, 0.717) is 69.4 Å². The maximum Gasteiger partial charge on any atom is 0.416 e. The molecule has 5 aliphatic rings. The van der Waals surface area contributed by atoms with Crippen LogP contribution in [0.1, 0.15) is 30.4 Å². The number of amides is 3. The van der Waals surface area contributed by atoms with Crippen molar-refractivity contribution in [1.82, 2.24) is 40.5 Å². The largest absolute Gasteiger partial charge is 0.465 e. The van der Waals surface area contributed by atoms with Crippen molar-refractivity contribution in [1.29, 1.82) is 0 Å². The zero-order valence-electron chi connectivity index (χ0n) is 25.9. The molecule has 4 aliphatic heterocycles. The van der Waals surface area contributed by atoms with Crippen LogP contribution in [-0.2, 0) is 33.7 Å². The van der Waals surface area contributed by atoms with Crippen molar-refractivity contribution < 1.29 is 37.7 Å². The molecule has 4 N–H and O–H groups in total. The van der Waals surface area contributed by atoms with Crippen molar-refractivity contribution in [3.05, 3.63) is 29.0 Å². The molecular weight excluding hydrogens is 634 g/mol. The summed E-state index contributed by atoms with van der Waals surface area (Å²) in [5.41, 5.74) is -0.277. The molecule has 0 bridgehead atoms. The van der Waals surface area contributed by atoms with Gasteiger partial charge in [0.25, 0.3) is 11.8 Å². The minimum absolute atomic E-state index is 0.000401. The van der Waals surface area contributed by atoms with Gasteiger partial charge >= 0.3 is 6.09 Å². The third-order valence-electron chi connectivity index (χ3n) is 9.84. The van der Waals surface area contributed by atoms with Crippen LogP contribution >= 0.6 is 0 Å². The molecule has 1 spiro atoms. The molecule has 6 heterocycles. The first-order chi connectivity index (χ1) is 23.1. The van der Waals surface area contributed by atoms with Gasteiger partial charge in [-0.15, -0.1) is 0 Å². The van der Waals surface area contributed by atoms with Crippen molar-refractivity contribution in [3.8, 4) is 5.88 Å². The lowest BCUT2D eigenvalue weighted by atomic mass is 9.90. The number of anilines is 2. The minimum Gasteiger partial charge on any atom is -0.465 e. The van der Waals surface area contributed by atoms with Crippen molar-refractivity contribution in [2.75, 3.05) is 56.1 Å². The number of carbonyl (C=O) groups is 3. The molecule has 1 aliphatic carbocycles. The zero-order chi connectivity index (χ0) is 33.2. The number of hydrogen-bond donors (Lipinski definition) is 4. The maximum absolute atomic E-state index is 15.6. The van der Waals surface area contributed by atoms with Crippen LogP contribution in [-0.4, -0.2) is 116 Å². The molecule has 2 aromatic heterocycles. The average molecular weight is 669 g/mol. The summed E-state index contributed by atoms with van der Waals surface area (Å²) in [5, 5.41) is 26.3. The first kappa shape index (κ1) is 30.8. The van der Waals surface area contributed by atoms with E-state index in [1.165, 1.54) is 15.9 Å². The smallest absolute Gasteiger partial charge is 0.416 e. The number of ether oxygens (including phenoxy) is 2. The molecule has 3 saturated heterocycles. The van der Waals surface area contributed by atoms with E-state index in [1.54, 1.807) is 0 Å². The van der Waals surface area contributed by atoms with E-state index in [-0.39, 0.29) is 72.5 Å². The van der Waals surface area contributed by atoms with Crippen LogP contribution in [0.4, 0.5) is 25.2 Å². The molecule has 0 radical (unpaired) electrons. The average Bonchev–Trinajstić information content (AvgIpc) is 3.87. The normalized spacial score (nSPS) is 23.7. The number of aliphatic hydroxyl groups excluding tert-OH is 1. The van der Waals surface area contributed by atoms with Gasteiger partial charge in [-0.1, -0.05) is 0 Å². The fraction of sp³-hybridized carbons (Fsp3) is 0.567. The van der Waals surface area contributed by atoms with Gasteiger partial charge in [0.05, 0.1) is 31.4 Å². The number of aromatic nitrogens is 5. The summed E-state index contributed by atoms with van der Waals surface area (Å²) >= 11 is 0. The van der Waals surface area contributed by atoms with Gasteiger partial charge in [-0.3, -0.25) is 14.5 Å². The number of likely N-dealkylation sites (tertiary alicyclic amines) is 1. The lowest BCUT2D eigenvalue weighted by Gasteiger charge is -2.38. The number of carbonyl (C=O) groups excluding carboxylic acids is 3. The Morgan fingerprint density at radius 2 is 1.85 bits per heavy atom. The molecule has 8 rings (SSSR count). The minimum atomic E-state index is -0.698. The van der Waals surface area contributed by atoms with E-state index in [2.05, 4.69) is 41.0 Å². The molecule has 0 unspecified atom stereocenters. The molecule has 3 amide bonds. The lowest BCUT2D eigenvalue weighted by molar-refractivity contribution is -0.123. The van der Waals surface area contributed by atoms with Crippen LogP contribution < -0.4 is 25.6 Å². The molecule has 1 aromatic carbocycles. The monoisotopic (exact) mass is 668 g/mol. The van der Waals surface area contributed by atoms with E-state index >= 15 is 8.78 Å². The molecule has 16 nitrogen and oxygen atoms in total. The molecule has 48 heavy (non-hydrogen) atoms. The second kappa shape index (κ2) is 11.9. The van der Waals surface area contributed by atoms with E-state index in [0.717, 1.165) is 0 Å². The SMILES string of the molecule is O=C1COc2ncc(N3CC4(CCN(CC5Cc6c(c(F)c7nn(CCNC(=O)[C@H]8C[C@H](O)CN8)nc7c6F)C5)CC4)OC3=O)nc2N1. The summed E-state index contributed by atoms with van der Waals surface area (Å²) in [6.45, 7) is 2.73. The predicted octanol–water partition coefficient (Wildman–Crippen LogP) is -0.124. The van der Waals surface area contributed by atoms with Crippen molar-refractivity contribution in [2.45, 2.75) is 56.4 Å². The van der Waals surface area contributed by atoms with E-state index in [9.17, 15) is 19.5 Å². The van der Waals surface area contributed by atoms with E-state index in [1.807, 2.05) is 0 Å². The second-order valence-electron chi connectivity index (χ2n) is 13.2. The fourth-order valence-electron chi connectivity index (χ4n) is 7.37. The standard InChI is InChI=1S/C30H34F2N10O6/c31-22-17-7-15(8-18(17)23(32)25-24(22)38-42(39-25)6-3-33-27(45)19-9-16(43)10-34-19)12-40-4-1-30(2-5-40)14-41(29(46)48-30)20-11-35-28-26(36-20)37-21(44)13-47-28/h11,15-16,19,34,43H,1-10,12-14H2,(H,33,45)(H,36,37,44)/t16-,19+/m0/s1. The Bertz CT molecular complexity index is 1770. The third-order valence-corrected chi connectivity index (χ3v) is 9.84. The second-order valence-corrected chi connectivity index (χ2v) is 13.2. The van der Waals surface area contributed by atoms with Gasteiger partial charge in [0.2, 0.25) is 5.91 Å². The summed E-state index contributed by atoms with van der Waals surface area (Å²) in [5.74, 6) is -1.12. The number of nitrogens with one attached hydrogen (secondary N) is 3. The van der Waals surface area contributed by atoms with Gasteiger partial charge in [0.15, 0.2) is 40.9 Å². The molecule has 0 saturated carbocycles. The van der Waals surface area contributed by atoms with Gasteiger partial charge < -0.3 is 35.4 Å². The van der Waals surface area contributed by atoms with Crippen LogP contribution in [0.3, 0.4) is 0 Å². The predicted molar refractivity (Wildman–Crippen MR) is 162 cm³/mol. The molecule has 3 aromatic rings. The zero-order valence-corrected chi connectivity index (χ0v) is 25.9. The Hall–Kier alpha value is -4.55. The summed E-state index contributed by atoms with van der Waals surface area (Å²) in [6.07, 6.45) is 2.56. The Morgan fingerprint density at radius 1 is 1.12 bits per heavy atom. The van der Waals surface area contributed by atoms with Gasteiger partial charge in [-0.25, -0.2) is 23.5 Å².